The third-order valence-electron chi connectivity index (χ3n) is 4.02. The molecule has 1 aliphatic carbocycles. The van der Waals surface area contributed by atoms with E-state index in [1.54, 1.807) is 6.07 Å². The second-order valence-electron chi connectivity index (χ2n) is 5.57. The Morgan fingerprint density at radius 2 is 1.83 bits per heavy atom. The highest BCUT2D eigenvalue weighted by atomic mass is 35.5. The standard InChI is InChI=1S/C17H15ClN2O3/c18-15-10-14(20(22)23)7-8-16(15)19-17(21)13-6-5-11-3-1-2-4-12(11)9-13/h5-10H,1-4H2,(H,19,21). The average Bonchev–Trinajstić information content (AvgIpc) is 2.56. The molecule has 0 saturated heterocycles. The van der Waals surface area contributed by atoms with E-state index in [1.165, 1.54) is 35.7 Å². The fraction of sp³-hybridized carbons (Fsp3) is 0.235. The minimum atomic E-state index is -0.527. The normalized spacial score (nSPS) is 13.3. The Kier molecular flexibility index (Phi) is 4.30. The van der Waals surface area contributed by atoms with E-state index in [1.807, 2.05) is 12.1 Å². The fourth-order valence-corrected chi connectivity index (χ4v) is 3.01. The second-order valence-corrected chi connectivity index (χ2v) is 5.97. The maximum atomic E-state index is 12.4. The van der Waals surface area contributed by atoms with E-state index in [0.717, 1.165) is 19.3 Å². The fourth-order valence-electron chi connectivity index (χ4n) is 2.79. The third kappa shape index (κ3) is 3.35. The molecule has 1 amide bonds. The Hall–Kier alpha value is -2.40. The maximum absolute atomic E-state index is 12.4. The summed E-state index contributed by atoms with van der Waals surface area (Å²) in [6.07, 6.45) is 4.39. The number of nitrogens with zero attached hydrogens (tertiary/aromatic N) is 1. The zero-order chi connectivity index (χ0) is 16.4. The molecule has 6 heteroatoms. The van der Waals surface area contributed by atoms with Crippen molar-refractivity contribution >= 4 is 28.9 Å². The molecule has 2 aromatic carbocycles. The minimum Gasteiger partial charge on any atom is -0.321 e. The summed E-state index contributed by atoms with van der Waals surface area (Å²) in [6, 6.07) is 9.71. The summed E-state index contributed by atoms with van der Waals surface area (Å²) in [4.78, 5) is 22.5. The number of anilines is 1. The zero-order valence-electron chi connectivity index (χ0n) is 12.3. The average molecular weight is 331 g/mol. The van der Waals surface area contributed by atoms with Gasteiger partial charge >= 0.3 is 0 Å². The molecular weight excluding hydrogens is 316 g/mol. The van der Waals surface area contributed by atoms with E-state index < -0.39 is 4.92 Å². The lowest BCUT2D eigenvalue weighted by molar-refractivity contribution is -0.384. The van der Waals surface area contributed by atoms with Gasteiger partial charge in [0.2, 0.25) is 0 Å². The zero-order valence-corrected chi connectivity index (χ0v) is 13.1. The molecule has 1 N–H and O–H groups in total. The van der Waals surface area contributed by atoms with Crippen LogP contribution in [0.15, 0.2) is 36.4 Å². The molecule has 0 atom stereocenters. The van der Waals surface area contributed by atoms with Crippen molar-refractivity contribution in [1.82, 2.24) is 0 Å². The molecule has 0 bridgehead atoms. The predicted octanol–water partition coefficient (Wildman–Crippen LogP) is 4.38. The van der Waals surface area contributed by atoms with Crippen LogP contribution in [0, 0.1) is 10.1 Å². The van der Waals surface area contributed by atoms with Crippen LogP contribution in [0.4, 0.5) is 11.4 Å². The molecule has 0 aromatic heterocycles. The molecule has 5 nitrogen and oxygen atoms in total. The van der Waals surface area contributed by atoms with E-state index in [9.17, 15) is 14.9 Å². The lowest BCUT2D eigenvalue weighted by atomic mass is 9.90. The van der Waals surface area contributed by atoms with Gasteiger partial charge in [0.25, 0.3) is 11.6 Å². The first-order valence-corrected chi connectivity index (χ1v) is 7.79. The highest BCUT2D eigenvalue weighted by molar-refractivity contribution is 6.34. The molecule has 0 saturated carbocycles. The summed E-state index contributed by atoms with van der Waals surface area (Å²) >= 11 is 6.00. The van der Waals surface area contributed by atoms with E-state index in [4.69, 9.17) is 11.6 Å². The number of nitro benzene ring substituents is 1. The number of rotatable bonds is 3. The lowest BCUT2D eigenvalue weighted by Crippen LogP contribution is -2.14. The molecule has 0 unspecified atom stereocenters. The maximum Gasteiger partial charge on any atom is 0.271 e. The SMILES string of the molecule is O=C(Nc1ccc([N+](=O)[O-])cc1Cl)c1ccc2c(c1)CCCC2. The number of hydrogen-bond donors (Lipinski definition) is 1. The van der Waals surface area contributed by atoms with Crippen LogP contribution in [-0.4, -0.2) is 10.8 Å². The summed E-state index contributed by atoms with van der Waals surface area (Å²) in [5.74, 6) is -0.269. The van der Waals surface area contributed by atoms with E-state index in [2.05, 4.69) is 5.32 Å². The van der Waals surface area contributed by atoms with Crippen molar-refractivity contribution in [3.8, 4) is 0 Å². The molecular formula is C17H15ClN2O3. The number of amides is 1. The van der Waals surface area contributed by atoms with Gasteiger partial charge in [0.1, 0.15) is 0 Å². The van der Waals surface area contributed by atoms with Crippen molar-refractivity contribution in [2.45, 2.75) is 25.7 Å². The lowest BCUT2D eigenvalue weighted by Gasteiger charge is -2.16. The molecule has 2 aromatic rings. The molecule has 3 rings (SSSR count). The van der Waals surface area contributed by atoms with Gasteiger partial charge in [-0.1, -0.05) is 17.7 Å². The van der Waals surface area contributed by atoms with Gasteiger partial charge in [-0.05, 0) is 55.0 Å². The summed E-state index contributed by atoms with van der Waals surface area (Å²) in [5, 5.41) is 13.6. The quantitative estimate of drug-likeness (QED) is 0.670. The Morgan fingerprint density at radius 3 is 2.52 bits per heavy atom. The largest absolute Gasteiger partial charge is 0.321 e. The highest BCUT2D eigenvalue weighted by Gasteiger charge is 2.15. The molecule has 0 heterocycles. The van der Waals surface area contributed by atoms with Crippen LogP contribution in [0.25, 0.3) is 0 Å². The van der Waals surface area contributed by atoms with Gasteiger partial charge in [0.15, 0.2) is 0 Å². The molecule has 23 heavy (non-hydrogen) atoms. The topological polar surface area (TPSA) is 72.2 Å². The summed E-state index contributed by atoms with van der Waals surface area (Å²) in [5.41, 5.74) is 3.35. The number of hydrogen-bond acceptors (Lipinski definition) is 3. The van der Waals surface area contributed by atoms with E-state index in [0.29, 0.717) is 11.3 Å². The Bertz CT molecular complexity index is 789. The van der Waals surface area contributed by atoms with Gasteiger partial charge in [0, 0.05) is 17.7 Å². The Balaban J connectivity index is 1.80. The van der Waals surface area contributed by atoms with Crippen molar-refractivity contribution in [2.75, 3.05) is 5.32 Å². The van der Waals surface area contributed by atoms with Gasteiger partial charge in [0.05, 0.1) is 15.6 Å². The number of carbonyl (C=O) groups excluding carboxylic acids is 1. The summed E-state index contributed by atoms with van der Waals surface area (Å²) in [7, 11) is 0. The number of halogens is 1. The highest BCUT2D eigenvalue weighted by Crippen LogP contribution is 2.28. The number of nitro groups is 1. The molecule has 0 fully saturated rings. The predicted molar refractivity (Wildman–Crippen MR) is 89.1 cm³/mol. The van der Waals surface area contributed by atoms with Crippen LogP contribution in [0.1, 0.15) is 34.3 Å². The number of nitrogens with one attached hydrogen (secondary N) is 1. The number of non-ortho nitro benzene ring substituents is 1. The number of carbonyl (C=O) groups is 1. The van der Waals surface area contributed by atoms with Crippen molar-refractivity contribution < 1.29 is 9.72 Å². The van der Waals surface area contributed by atoms with Crippen LogP contribution in [0.3, 0.4) is 0 Å². The molecule has 0 aliphatic heterocycles. The minimum absolute atomic E-state index is 0.109. The van der Waals surface area contributed by atoms with Gasteiger partial charge < -0.3 is 5.32 Å². The summed E-state index contributed by atoms with van der Waals surface area (Å²) < 4.78 is 0. The van der Waals surface area contributed by atoms with Crippen molar-refractivity contribution in [1.29, 1.82) is 0 Å². The first-order chi connectivity index (χ1) is 11.0. The third-order valence-corrected chi connectivity index (χ3v) is 4.34. The molecule has 1 aliphatic rings. The number of fused-ring (bicyclic) bond motifs is 1. The second kappa shape index (κ2) is 6.38. The van der Waals surface area contributed by atoms with E-state index >= 15 is 0 Å². The van der Waals surface area contributed by atoms with E-state index in [-0.39, 0.29) is 16.6 Å². The van der Waals surface area contributed by atoms with Crippen molar-refractivity contribution in [3.63, 3.8) is 0 Å². The Morgan fingerprint density at radius 1 is 1.09 bits per heavy atom. The molecule has 118 valence electrons. The van der Waals surface area contributed by atoms with Gasteiger partial charge in [-0.15, -0.1) is 0 Å². The molecule has 0 radical (unpaired) electrons. The van der Waals surface area contributed by atoms with Crippen LogP contribution < -0.4 is 5.32 Å². The first kappa shape index (κ1) is 15.5. The van der Waals surface area contributed by atoms with Crippen molar-refractivity contribution in [2.24, 2.45) is 0 Å². The van der Waals surface area contributed by atoms with Gasteiger partial charge in [-0.2, -0.15) is 0 Å². The summed E-state index contributed by atoms with van der Waals surface area (Å²) in [6.45, 7) is 0. The van der Waals surface area contributed by atoms with Crippen LogP contribution in [0.5, 0.6) is 0 Å². The monoisotopic (exact) mass is 330 g/mol. The Labute approximate surface area is 138 Å². The van der Waals surface area contributed by atoms with Crippen molar-refractivity contribution in [3.05, 3.63) is 68.2 Å². The smallest absolute Gasteiger partial charge is 0.271 e. The first-order valence-electron chi connectivity index (χ1n) is 7.42. The molecule has 0 spiro atoms. The van der Waals surface area contributed by atoms with Crippen LogP contribution in [-0.2, 0) is 12.8 Å². The number of aryl methyl sites for hydroxylation is 2. The van der Waals surface area contributed by atoms with Gasteiger partial charge in [-0.3, -0.25) is 14.9 Å². The van der Waals surface area contributed by atoms with Crippen LogP contribution in [0.2, 0.25) is 5.02 Å². The van der Waals surface area contributed by atoms with Gasteiger partial charge in [-0.25, -0.2) is 0 Å². The number of benzene rings is 2. The van der Waals surface area contributed by atoms with Crippen LogP contribution >= 0.6 is 11.6 Å².